The normalized spacial score (nSPS) is 11.0. The molecule has 0 fully saturated rings. The predicted octanol–water partition coefficient (Wildman–Crippen LogP) is 3.67. The number of carbonyl (C=O) groups excluding carboxylic acids is 1. The van der Waals surface area contributed by atoms with Crippen LogP contribution >= 0.6 is 15.9 Å². The van der Waals surface area contributed by atoms with Crippen LogP contribution < -0.4 is 5.32 Å². The van der Waals surface area contributed by atoms with Gasteiger partial charge in [0.25, 0.3) is 5.91 Å². The van der Waals surface area contributed by atoms with Crippen molar-refractivity contribution in [3.8, 4) is 17.4 Å². The lowest BCUT2D eigenvalue weighted by molar-refractivity contribution is -0.116. The summed E-state index contributed by atoms with van der Waals surface area (Å²) in [5, 5.41) is 11.4. The third kappa shape index (κ3) is 3.41. The molecule has 0 aliphatic carbocycles. The van der Waals surface area contributed by atoms with Crippen LogP contribution in [0.1, 0.15) is 11.3 Å². The first-order chi connectivity index (χ1) is 10.0. The van der Waals surface area contributed by atoms with Crippen LogP contribution in [-0.2, 0) is 4.79 Å². The summed E-state index contributed by atoms with van der Waals surface area (Å²) in [6.45, 7) is 2.01. The van der Waals surface area contributed by atoms with Gasteiger partial charge >= 0.3 is 0 Å². The number of hydrogen-bond acceptors (Lipinski definition) is 3. The molecule has 0 saturated carbocycles. The average molecular weight is 345 g/mol. The summed E-state index contributed by atoms with van der Waals surface area (Å²) in [7, 11) is 1.48. The van der Waals surface area contributed by atoms with Crippen LogP contribution in [0.25, 0.3) is 17.4 Å². The van der Waals surface area contributed by atoms with Gasteiger partial charge in [0.05, 0.1) is 0 Å². The van der Waals surface area contributed by atoms with Gasteiger partial charge in [-0.2, -0.15) is 5.26 Å². The van der Waals surface area contributed by atoms with Gasteiger partial charge in [-0.3, -0.25) is 4.79 Å². The highest BCUT2D eigenvalue weighted by Crippen LogP contribution is 2.30. The van der Waals surface area contributed by atoms with Crippen molar-refractivity contribution in [1.29, 1.82) is 5.26 Å². The molecule has 21 heavy (non-hydrogen) atoms. The lowest BCUT2D eigenvalue weighted by Gasteiger charge is -2.02. The van der Waals surface area contributed by atoms with Gasteiger partial charge in [0.15, 0.2) is 0 Å². The molecule has 0 aliphatic heterocycles. The number of nitrogens with zero attached hydrogens (tertiary/aromatic N) is 1. The molecule has 1 aromatic carbocycles. The second kappa shape index (κ2) is 6.42. The van der Waals surface area contributed by atoms with E-state index in [0.29, 0.717) is 11.5 Å². The van der Waals surface area contributed by atoms with E-state index >= 15 is 0 Å². The second-order valence-corrected chi connectivity index (χ2v) is 5.29. The fourth-order valence-electron chi connectivity index (χ4n) is 1.82. The van der Waals surface area contributed by atoms with Gasteiger partial charge in [-0.25, -0.2) is 0 Å². The Bertz CT molecular complexity index is 754. The fraction of sp³-hybridized carbons (Fsp3) is 0.125. The minimum atomic E-state index is -0.438. The minimum Gasteiger partial charge on any atom is -0.457 e. The third-order valence-electron chi connectivity index (χ3n) is 2.90. The Hall–Kier alpha value is -2.32. The first-order valence-electron chi connectivity index (χ1n) is 6.25. The number of carbonyl (C=O) groups is 1. The molecule has 0 atom stereocenters. The molecule has 0 radical (unpaired) electrons. The molecular weight excluding hydrogens is 332 g/mol. The molecule has 5 heteroatoms. The van der Waals surface area contributed by atoms with Gasteiger partial charge < -0.3 is 9.73 Å². The smallest absolute Gasteiger partial charge is 0.261 e. The topological polar surface area (TPSA) is 66.0 Å². The summed E-state index contributed by atoms with van der Waals surface area (Å²) < 4.78 is 6.61. The monoisotopic (exact) mass is 344 g/mol. The van der Waals surface area contributed by atoms with E-state index in [1.165, 1.54) is 13.1 Å². The molecule has 1 N–H and O–H groups in total. The van der Waals surface area contributed by atoms with E-state index in [4.69, 9.17) is 9.68 Å². The van der Waals surface area contributed by atoms with Gasteiger partial charge in [0.2, 0.25) is 0 Å². The van der Waals surface area contributed by atoms with Crippen molar-refractivity contribution >= 4 is 27.9 Å². The summed E-state index contributed by atoms with van der Waals surface area (Å²) in [6, 6.07) is 11.3. The molecule has 0 aliphatic rings. The quantitative estimate of drug-likeness (QED) is 0.682. The maximum absolute atomic E-state index is 11.5. The molecule has 0 spiro atoms. The average Bonchev–Trinajstić information content (AvgIpc) is 2.92. The highest BCUT2D eigenvalue weighted by molar-refractivity contribution is 9.10. The number of nitriles is 1. The Morgan fingerprint density at radius 2 is 2.14 bits per heavy atom. The summed E-state index contributed by atoms with van der Waals surface area (Å²) >= 11 is 3.50. The number of halogens is 1. The number of hydrogen-bond donors (Lipinski definition) is 1. The molecule has 2 rings (SSSR count). The van der Waals surface area contributed by atoms with E-state index in [2.05, 4.69) is 21.2 Å². The van der Waals surface area contributed by atoms with Crippen molar-refractivity contribution in [2.45, 2.75) is 6.92 Å². The van der Waals surface area contributed by atoms with Crippen LogP contribution in [0, 0.1) is 18.3 Å². The molecule has 4 nitrogen and oxygen atoms in total. The van der Waals surface area contributed by atoms with Crippen molar-refractivity contribution in [2.24, 2.45) is 0 Å². The number of benzene rings is 1. The van der Waals surface area contributed by atoms with Crippen molar-refractivity contribution in [2.75, 3.05) is 7.05 Å². The van der Waals surface area contributed by atoms with Crippen LogP contribution in [0.15, 0.2) is 44.8 Å². The maximum atomic E-state index is 11.5. The zero-order valence-electron chi connectivity index (χ0n) is 11.6. The third-order valence-corrected chi connectivity index (χ3v) is 3.55. The lowest BCUT2D eigenvalue weighted by atomic mass is 10.1. The van der Waals surface area contributed by atoms with Gasteiger partial charge in [0.1, 0.15) is 23.2 Å². The molecule has 2 aromatic rings. The Morgan fingerprint density at radius 1 is 1.38 bits per heavy atom. The van der Waals surface area contributed by atoms with E-state index in [9.17, 15) is 4.79 Å². The molecule has 106 valence electrons. The lowest BCUT2D eigenvalue weighted by Crippen LogP contribution is -2.18. The molecule has 1 aromatic heterocycles. The molecule has 1 amide bonds. The van der Waals surface area contributed by atoms with Crippen LogP contribution in [-0.4, -0.2) is 13.0 Å². The Kier molecular flexibility index (Phi) is 4.61. The van der Waals surface area contributed by atoms with Crippen LogP contribution in [0.5, 0.6) is 0 Å². The number of likely N-dealkylation sites (N-methyl/N-ethyl adjacent to an activating group) is 1. The van der Waals surface area contributed by atoms with Crippen molar-refractivity contribution in [3.05, 3.63) is 51.7 Å². The molecule has 0 unspecified atom stereocenters. The van der Waals surface area contributed by atoms with E-state index in [1.54, 1.807) is 12.1 Å². The van der Waals surface area contributed by atoms with E-state index in [1.807, 2.05) is 31.2 Å². The number of rotatable bonds is 3. The molecular formula is C16H13BrN2O2. The minimum absolute atomic E-state index is 0.00127. The molecule has 1 heterocycles. The first-order valence-corrected chi connectivity index (χ1v) is 7.04. The number of furan rings is 1. The Morgan fingerprint density at radius 3 is 2.76 bits per heavy atom. The summed E-state index contributed by atoms with van der Waals surface area (Å²) in [4.78, 5) is 11.5. The van der Waals surface area contributed by atoms with E-state index in [-0.39, 0.29) is 5.57 Å². The predicted molar refractivity (Wildman–Crippen MR) is 84.2 cm³/mol. The second-order valence-electron chi connectivity index (χ2n) is 4.43. The van der Waals surface area contributed by atoms with Crippen LogP contribution in [0.4, 0.5) is 0 Å². The summed E-state index contributed by atoms with van der Waals surface area (Å²) in [6.07, 6.45) is 1.42. The number of nitrogens with one attached hydrogen (secondary N) is 1. The van der Waals surface area contributed by atoms with Crippen LogP contribution in [0.2, 0.25) is 0 Å². The zero-order valence-corrected chi connectivity index (χ0v) is 13.2. The molecule has 0 bridgehead atoms. The first kappa shape index (κ1) is 15.1. The molecule has 0 saturated heterocycles. The van der Waals surface area contributed by atoms with Crippen LogP contribution in [0.3, 0.4) is 0 Å². The Balaban J connectivity index is 2.36. The standard InChI is InChI=1S/C16H13BrN2O2/c1-10-3-5-13(14(17)7-10)15-6-4-12(21-15)8-11(9-18)16(20)19-2/h3-8H,1-2H3,(H,19,20)/b11-8-. The zero-order chi connectivity index (χ0) is 15.4. The van der Waals surface area contributed by atoms with E-state index < -0.39 is 5.91 Å². The van der Waals surface area contributed by atoms with Gasteiger partial charge in [0, 0.05) is 23.2 Å². The van der Waals surface area contributed by atoms with Crippen molar-refractivity contribution < 1.29 is 9.21 Å². The highest BCUT2D eigenvalue weighted by Gasteiger charge is 2.10. The van der Waals surface area contributed by atoms with Crippen molar-refractivity contribution in [1.82, 2.24) is 5.32 Å². The van der Waals surface area contributed by atoms with Crippen molar-refractivity contribution in [3.63, 3.8) is 0 Å². The SMILES string of the molecule is CNC(=O)/C(C#N)=C\c1ccc(-c2ccc(C)cc2Br)o1. The van der Waals surface area contributed by atoms with Gasteiger partial charge in [-0.05, 0) is 36.8 Å². The largest absolute Gasteiger partial charge is 0.457 e. The Labute approximate surface area is 131 Å². The summed E-state index contributed by atoms with van der Waals surface area (Å²) in [5.74, 6) is 0.687. The number of amides is 1. The number of aryl methyl sites for hydroxylation is 1. The maximum Gasteiger partial charge on any atom is 0.261 e. The van der Waals surface area contributed by atoms with Gasteiger partial charge in [-0.1, -0.05) is 22.0 Å². The summed E-state index contributed by atoms with van der Waals surface area (Å²) in [5.41, 5.74) is 2.06. The fourth-order valence-corrected chi connectivity index (χ4v) is 2.51. The van der Waals surface area contributed by atoms with Gasteiger partial charge in [-0.15, -0.1) is 0 Å². The highest BCUT2D eigenvalue weighted by atomic mass is 79.9. The van der Waals surface area contributed by atoms with E-state index in [0.717, 1.165) is 15.6 Å².